The van der Waals surface area contributed by atoms with Crippen LogP contribution in [0.1, 0.15) is 0 Å². The topological polar surface area (TPSA) is 90.7 Å². The number of halogens is 2. The molecule has 0 bridgehead atoms. The number of hydrogen-bond acceptors (Lipinski definition) is 7. The summed E-state index contributed by atoms with van der Waals surface area (Å²) in [5, 5.41) is 12.7. The van der Waals surface area contributed by atoms with Crippen molar-refractivity contribution in [1.82, 2.24) is 14.5 Å². The van der Waals surface area contributed by atoms with Crippen LogP contribution >= 0.6 is 24.0 Å². The Bertz CT molecular complexity index is 1480. The Kier molecular flexibility index (Phi) is 9.40. The molecule has 0 amide bonds. The number of aromatic nitrogens is 3. The van der Waals surface area contributed by atoms with Gasteiger partial charge in [-0.1, -0.05) is 35.9 Å². The lowest BCUT2D eigenvalue weighted by molar-refractivity contribution is 0.0875. The predicted molar refractivity (Wildman–Crippen MR) is 150 cm³/mol. The third-order valence-electron chi connectivity index (χ3n) is 5.47. The van der Waals surface area contributed by atoms with Crippen LogP contribution in [-0.4, -0.2) is 39.5 Å². The number of anilines is 2. The van der Waals surface area contributed by atoms with Crippen molar-refractivity contribution in [3.63, 3.8) is 0 Å². The normalized spacial score (nSPS) is 10.7. The number of fused-ring (bicyclic) bond motifs is 1. The molecule has 0 aliphatic carbocycles. The van der Waals surface area contributed by atoms with Crippen LogP contribution in [0.4, 0.5) is 11.5 Å². The quantitative estimate of drug-likeness (QED) is 0.173. The van der Waals surface area contributed by atoms with Gasteiger partial charge in [-0.3, -0.25) is 0 Å². The molecule has 2 aromatic heterocycles. The molecule has 0 saturated carbocycles. The summed E-state index contributed by atoms with van der Waals surface area (Å²) in [6, 6.07) is 24.3. The number of aliphatic hydroxyl groups is 1. The van der Waals surface area contributed by atoms with Gasteiger partial charge in [0.1, 0.15) is 34.8 Å². The molecule has 3 aromatic carbocycles. The molecule has 0 spiro atoms. The molecule has 5 rings (SSSR count). The number of para-hydroxylation sites is 1. The Balaban J connectivity index is 0.00000336. The van der Waals surface area contributed by atoms with Gasteiger partial charge in [0.15, 0.2) is 5.82 Å². The minimum absolute atomic E-state index is 0. The molecule has 0 unspecified atom stereocenters. The Hall–Kier alpha value is -3.82. The van der Waals surface area contributed by atoms with Crippen LogP contribution in [0.25, 0.3) is 11.0 Å². The monoisotopic (exact) mass is 552 g/mol. The van der Waals surface area contributed by atoms with Crippen molar-refractivity contribution in [1.29, 1.82) is 0 Å². The van der Waals surface area contributed by atoms with Crippen LogP contribution in [0.15, 0.2) is 91.4 Å². The number of rotatable bonds is 11. The lowest BCUT2D eigenvalue weighted by Gasteiger charge is -2.13. The number of ether oxygens (including phenoxy) is 3. The van der Waals surface area contributed by atoms with Gasteiger partial charge < -0.3 is 29.2 Å². The minimum atomic E-state index is -0.00425. The van der Waals surface area contributed by atoms with Gasteiger partial charge in [-0.25, -0.2) is 9.97 Å². The molecule has 0 saturated heterocycles. The van der Waals surface area contributed by atoms with E-state index in [0.29, 0.717) is 47.8 Å². The number of nitrogens with one attached hydrogen (secondary N) is 1. The number of aliphatic hydroxyl groups excluding tert-OH is 1. The average molecular weight is 553 g/mol. The first-order valence-electron chi connectivity index (χ1n) is 11.8. The molecule has 0 aliphatic rings. The lowest BCUT2D eigenvalue weighted by Crippen LogP contribution is -2.09. The van der Waals surface area contributed by atoms with Crippen molar-refractivity contribution in [3.8, 4) is 23.0 Å². The Labute approximate surface area is 231 Å². The van der Waals surface area contributed by atoms with Gasteiger partial charge >= 0.3 is 0 Å². The number of nitrogens with zero attached hydrogens (tertiary/aromatic N) is 3. The van der Waals surface area contributed by atoms with Crippen molar-refractivity contribution in [2.24, 2.45) is 0 Å². The van der Waals surface area contributed by atoms with E-state index in [1.807, 2.05) is 77.5 Å². The van der Waals surface area contributed by atoms with Gasteiger partial charge in [-0.2, -0.15) is 0 Å². The largest absolute Gasteiger partial charge is 0.457 e. The molecule has 38 heavy (non-hydrogen) atoms. The van der Waals surface area contributed by atoms with Gasteiger partial charge in [0.2, 0.25) is 0 Å². The van der Waals surface area contributed by atoms with E-state index in [4.69, 9.17) is 30.9 Å². The van der Waals surface area contributed by atoms with Crippen molar-refractivity contribution < 1.29 is 19.3 Å². The third kappa shape index (κ3) is 6.73. The molecule has 0 atom stereocenters. The van der Waals surface area contributed by atoms with Crippen molar-refractivity contribution >= 4 is 46.5 Å². The maximum atomic E-state index is 8.91. The average Bonchev–Trinajstić information content (AvgIpc) is 3.33. The first-order chi connectivity index (χ1) is 18.2. The van der Waals surface area contributed by atoms with Crippen molar-refractivity contribution in [2.75, 3.05) is 25.1 Å². The zero-order chi connectivity index (χ0) is 25.5. The molecule has 0 fully saturated rings. The second-order valence-electron chi connectivity index (χ2n) is 8.06. The van der Waals surface area contributed by atoms with Gasteiger partial charge in [0, 0.05) is 24.5 Å². The zero-order valence-electron chi connectivity index (χ0n) is 20.3. The van der Waals surface area contributed by atoms with Gasteiger partial charge in [0.05, 0.1) is 30.4 Å². The molecule has 5 aromatic rings. The lowest BCUT2D eigenvalue weighted by atomic mass is 10.2. The van der Waals surface area contributed by atoms with Gasteiger partial charge in [-0.05, 0) is 48.5 Å². The molecule has 0 aliphatic heterocycles. The molecular formula is C28H26Cl2N4O4. The van der Waals surface area contributed by atoms with Crippen LogP contribution in [0.3, 0.4) is 0 Å². The fourth-order valence-electron chi connectivity index (χ4n) is 3.79. The Morgan fingerprint density at radius 3 is 2.42 bits per heavy atom. The fraction of sp³-hybridized carbons (Fsp3) is 0.143. The molecule has 10 heteroatoms. The summed E-state index contributed by atoms with van der Waals surface area (Å²) in [7, 11) is 0. The van der Waals surface area contributed by atoms with Crippen LogP contribution in [-0.2, 0) is 11.3 Å². The highest BCUT2D eigenvalue weighted by Gasteiger charge is 2.12. The van der Waals surface area contributed by atoms with Crippen LogP contribution in [0, 0.1) is 0 Å². The van der Waals surface area contributed by atoms with E-state index in [1.165, 1.54) is 6.33 Å². The van der Waals surface area contributed by atoms with Crippen LogP contribution in [0.2, 0.25) is 5.02 Å². The first kappa shape index (κ1) is 27.2. The molecule has 0 radical (unpaired) electrons. The Morgan fingerprint density at radius 2 is 1.63 bits per heavy atom. The second kappa shape index (κ2) is 13.1. The van der Waals surface area contributed by atoms with E-state index in [1.54, 1.807) is 12.1 Å². The summed E-state index contributed by atoms with van der Waals surface area (Å²) in [6.07, 6.45) is 3.45. The van der Waals surface area contributed by atoms with Gasteiger partial charge in [0.25, 0.3) is 0 Å². The summed E-state index contributed by atoms with van der Waals surface area (Å²) in [6.45, 7) is 1.37. The van der Waals surface area contributed by atoms with E-state index >= 15 is 0 Å². The fourth-order valence-corrected chi connectivity index (χ4v) is 4.01. The van der Waals surface area contributed by atoms with Crippen LogP contribution < -0.4 is 14.8 Å². The second-order valence-corrected chi connectivity index (χ2v) is 8.47. The van der Waals surface area contributed by atoms with Crippen molar-refractivity contribution in [2.45, 2.75) is 6.54 Å². The number of benzene rings is 3. The predicted octanol–water partition coefficient (Wildman–Crippen LogP) is 6.84. The Morgan fingerprint density at radius 1 is 0.842 bits per heavy atom. The highest BCUT2D eigenvalue weighted by Crippen LogP contribution is 2.35. The summed E-state index contributed by atoms with van der Waals surface area (Å²) in [5.74, 6) is 3.18. The highest BCUT2D eigenvalue weighted by atomic mass is 35.5. The maximum absolute atomic E-state index is 8.91. The molecule has 8 nitrogen and oxygen atoms in total. The first-order valence-corrected chi connectivity index (χ1v) is 12.1. The smallest absolute Gasteiger partial charge is 0.158 e. The minimum Gasteiger partial charge on any atom is -0.457 e. The third-order valence-corrected chi connectivity index (χ3v) is 5.76. The van der Waals surface area contributed by atoms with E-state index in [9.17, 15) is 0 Å². The van der Waals surface area contributed by atoms with E-state index in [-0.39, 0.29) is 19.0 Å². The molecule has 196 valence electrons. The van der Waals surface area contributed by atoms with Crippen molar-refractivity contribution in [3.05, 3.63) is 96.4 Å². The molecular weight excluding hydrogens is 527 g/mol. The summed E-state index contributed by atoms with van der Waals surface area (Å²) in [4.78, 5) is 8.78. The molecule has 2 N–H and O–H groups in total. The maximum Gasteiger partial charge on any atom is 0.158 e. The van der Waals surface area contributed by atoms with E-state index in [0.717, 1.165) is 22.5 Å². The van der Waals surface area contributed by atoms with Crippen LogP contribution in [0.5, 0.6) is 23.0 Å². The SMILES string of the molecule is Cl.OCCOCCn1ccc2ncnc(Nc3ccc(Oc4cccc(Oc5ccccc5)c4)c(Cl)c3)c21. The van der Waals surface area contributed by atoms with Gasteiger partial charge in [-0.15, -0.1) is 12.4 Å². The highest BCUT2D eigenvalue weighted by molar-refractivity contribution is 6.32. The summed E-state index contributed by atoms with van der Waals surface area (Å²) >= 11 is 6.57. The zero-order valence-corrected chi connectivity index (χ0v) is 21.9. The standard InChI is InChI=1S/C28H25ClN4O4.ClH/c29-24-17-20(32-28-27-25(30-19-31-28)11-12-33(27)13-15-35-16-14-34)9-10-26(24)37-23-8-4-7-22(18-23)36-21-5-2-1-3-6-21;/h1-12,17-19,34H,13-16H2,(H,30,31,32);1H. The number of hydrogen-bond donors (Lipinski definition) is 2. The summed E-state index contributed by atoms with van der Waals surface area (Å²) < 4.78 is 19.3. The van der Waals surface area contributed by atoms with E-state index < -0.39 is 0 Å². The van der Waals surface area contributed by atoms with E-state index in [2.05, 4.69) is 15.3 Å². The molecule has 2 heterocycles. The summed E-state index contributed by atoms with van der Waals surface area (Å²) in [5.41, 5.74) is 2.41.